The van der Waals surface area contributed by atoms with E-state index in [1.165, 1.54) is 83.5 Å². The van der Waals surface area contributed by atoms with Gasteiger partial charge < -0.3 is 4.90 Å². The highest BCUT2D eigenvalue weighted by Gasteiger charge is 2.48. The largest absolute Gasteiger partial charge is 0.310 e. The smallest absolute Gasteiger partial charge is 0.0714 e. The van der Waals surface area contributed by atoms with Gasteiger partial charge in [0.15, 0.2) is 0 Å². The lowest BCUT2D eigenvalue weighted by atomic mass is 9.67. The quantitative estimate of drug-likeness (QED) is 0.132. The van der Waals surface area contributed by atoms with Gasteiger partial charge in [0.05, 0.1) is 10.8 Å². The molecule has 2 aliphatic rings. The summed E-state index contributed by atoms with van der Waals surface area (Å²) in [5, 5.41) is 0. The fraction of sp³-hybridized carbons (Fsp3) is 0.169. The van der Waals surface area contributed by atoms with Crippen LogP contribution in [-0.4, -0.2) is 0 Å². The van der Waals surface area contributed by atoms with Crippen molar-refractivity contribution < 1.29 is 0 Å². The summed E-state index contributed by atoms with van der Waals surface area (Å²) in [6.45, 7) is 13.7. The molecule has 11 rings (SSSR count). The van der Waals surface area contributed by atoms with Crippen LogP contribution in [0.15, 0.2) is 218 Å². The van der Waals surface area contributed by atoms with Crippen LogP contribution in [0.1, 0.15) is 120 Å². The van der Waals surface area contributed by atoms with Gasteiger partial charge in [-0.25, -0.2) is 0 Å². The van der Waals surface area contributed by atoms with Crippen LogP contribution in [0.2, 0.25) is 0 Å². The molecule has 0 aliphatic heterocycles. The Hall–Kier alpha value is -7.22. The minimum absolute atomic E-state index is 0.439. The molecule has 1 unspecified atom stereocenters. The molecule has 0 saturated carbocycles. The van der Waals surface area contributed by atoms with Crippen LogP contribution in [0.3, 0.4) is 0 Å². The molecule has 1 nitrogen and oxygen atoms in total. The van der Waals surface area contributed by atoms with E-state index < -0.39 is 10.8 Å². The number of anilines is 3. The van der Waals surface area contributed by atoms with Gasteiger partial charge in [-0.15, -0.1) is 0 Å². The van der Waals surface area contributed by atoms with Crippen molar-refractivity contribution in [2.45, 2.75) is 70.1 Å². The maximum Gasteiger partial charge on any atom is 0.0714 e. The van der Waals surface area contributed by atoms with Crippen molar-refractivity contribution in [1.29, 1.82) is 0 Å². The first-order chi connectivity index (χ1) is 32.2. The van der Waals surface area contributed by atoms with Gasteiger partial charge in [-0.2, -0.15) is 0 Å². The zero-order valence-electron chi connectivity index (χ0n) is 39.0. The van der Waals surface area contributed by atoms with Crippen LogP contribution >= 0.6 is 0 Å². The third-order valence-electron chi connectivity index (χ3n) is 14.8. The predicted molar refractivity (Wildman–Crippen MR) is 278 cm³/mol. The fourth-order valence-electron chi connectivity index (χ4n) is 11.5. The molecule has 0 heterocycles. The van der Waals surface area contributed by atoms with Gasteiger partial charge >= 0.3 is 0 Å². The Balaban J connectivity index is 1.17. The van der Waals surface area contributed by atoms with E-state index in [0.29, 0.717) is 17.8 Å². The summed E-state index contributed by atoms with van der Waals surface area (Å²) in [5.41, 5.74) is 21.8. The zero-order chi connectivity index (χ0) is 45.2. The van der Waals surface area contributed by atoms with Crippen LogP contribution in [0, 0.1) is 0 Å². The van der Waals surface area contributed by atoms with Gasteiger partial charge in [-0.1, -0.05) is 224 Å². The van der Waals surface area contributed by atoms with E-state index in [2.05, 4.69) is 265 Å². The highest BCUT2D eigenvalue weighted by Crippen LogP contribution is 2.59. The molecule has 9 aromatic rings. The molecule has 0 radical (unpaired) electrons. The van der Waals surface area contributed by atoms with E-state index in [9.17, 15) is 0 Å². The van der Waals surface area contributed by atoms with E-state index in [1.54, 1.807) is 0 Å². The molecule has 0 amide bonds. The summed E-state index contributed by atoms with van der Waals surface area (Å²) in [6.07, 6.45) is 0. The predicted octanol–water partition coefficient (Wildman–Crippen LogP) is 17.3. The monoisotopic (exact) mass is 851 g/mol. The van der Waals surface area contributed by atoms with Gasteiger partial charge in [0.1, 0.15) is 0 Å². The minimum Gasteiger partial charge on any atom is -0.310 e. The van der Waals surface area contributed by atoms with Crippen molar-refractivity contribution in [2.75, 3.05) is 4.90 Å². The van der Waals surface area contributed by atoms with Gasteiger partial charge in [-0.05, 0) is 138 Å². The fourth-order valence-corrected chi connectivity index (χ4v) is 11.5. The van der Waals surface area contributed by atoms with Crippen LogP contribution in [0.5, 0.6) is 0 Å². The maximum absolute atomic E-state index is 2.51. The normalized spacial score (nSPS) is 15.4. The number of fused-ring (bicyclic) bond motifs is 6. The highest BCUT2D eigenvalue weighted by atomic mass is 15.1. The standard InChI is InChI=1S/C65H57N/c1-43(2)46-25-31-50(32-26-46)64(49-17-9-7-10-18-49)60-23-15-13-21-56(60)58-39-37-54(41-62(58)64)66(53-19-11-8-12-20-53)55-38-40-59-57-22-14-16-24-61(57)65(63(59)42-55,51-33-27-47(28-34-51)44(3)4)52-35-29-48(30-36-52)45(5)6/h7-45H,1-6H3. The average Bonchev–Trinajstić information content (AvgIpc) is 3.82. The topological polar surface area (TPSA) is 3.24 Å². The maximum atomic E-state index is 2.51. The van der Waals surface area contributed by atoms with Crippen molar-refractivity contribution in [2.24, 2.45) is 0 Å². The highest BCUT2D eigenvalue weighted by molar-refractivity contribution is 5.92. The van der Waals surface area contributed by atoms with E-state index in [4.69, 9.17) is 0 Å². The zero-order valence-corrected chi connectivity index (χ0v) is 39.0. The molecule has 9 aromatic carbocycles. The second kappa shape index (κ2) is 16.3. The first-order valence-electron chi connectivity index (χ1n) is 23.9. The molecule has 0 N–H and O–H groups in total. The molecular formula is C65H57N. The molecule has 2 aliphatic carbocycles. The molecule has 0 saturated heterocycles. The molecular weight excluding hydrogens is 795 g/mol. The van der Waals surface area contributed by atoms with E-state index in [1.807, 2.05) is 0 Å². The lowest BCUT2D eigenvalue weighted by Crippen LogP contribution is -2.29. The Morgan fingerprint density at radius 3 is 0.970 bits per heavy atom. The number of hydrogen-bond donors (Lipinski definition) is 0. The van der Waals surface area contributed by atoms with Crippen molar-refractivity contribution in [3.63, 3.8) is 0 Å². The number of para-hydroxylation sites is 1. The lowest BCUT2D eigenvalue weighted by molar-refractivity contribution is 0.761. The molecule has 0 aromatic heterocycles. The number of benzene rings is 9. The first kappa shape index (κ1) is 41.5. The summed E-state index contributed by atoms with van der Waals surface area (Å²) in [5.74, 6) is 1.32. The Morgan fingerprint density at radius 2 is 0.591 bits per heavy atom. The van der Waals surface area contributed by atoms with Gasteiger partial charge in [0, 0.05) is 17.1 Å². The summed E-state index contributed by atoms with van der Waals surface area (Å²) in [4.78, 5) is 2.48. The van der Waals surface area contributed by atoms with Crippen LogP contribution in [0.25, 0.3) is 22.3 Å². The van der Waals surface area contributed by atoms with Gasteiger partial charge in [0.2, 0.25) is 0 Å². The minimum atomic E-state index is -0.542. The second-order valence-corrected chi connectivity index (χ2v) is 19.4. The van der Waals surface area contributed by atoms with Gasteiger partial charge in [-0.3, -0.25) is 0 Å². The summed E-state index contributed by atoms with van der Waals surface area (Å²) >= 11 is 0. The van der Waals surface area contributed by atoms with E-state index in [-0.39, 0.29) is 0 Å². The van der Waals surface area contributed by atoms with Crippen molar-refractivity contribution in [3.05, 3.63) is 280 Å². The second-order valence-electron chi connectivity index (χ2n) is 19.4. The lowest BCUT2D eigenvalue weighted by Gasteiger charge is -2.36. The van der Waals surface area contributed by atoms with E-state index in [0.717, 1.165) is 17.1 Å². The number of rotatable bonds is 10. The average molecular weight is 852 g/mol. The Morgan fingerprint density at radius 1 is 0.273 bits per heavy atom. The molecule has 1 heteroatoms. The summed E-state index contributed by atoms with van der Waals surface area (Å²) in [6, 6.07) is 83.2. The molecule has 1 atom stereocenters. The SMILES string of the molecule is CC(C)c1ccc(C2(c3ccccc3)c3ccccc3-c3ccc(N(c4ccccc4)c4ccc5c(c4)C(c4ccc(C(C)C)cc4)(c4ccc(C(C)C)cc4)c4ccccc4-5)cc32)cc1. The van der Waals surface area contributed by atoms with Crippen molar-refractivity contribution in [1.82, 2.24) is 0 Å². The van der Waals surface area contributed by atoms with Crippen LogP contribution in [-0.2, 0) is 10.8 Å². The summed E-state index contributed by atoms with van der Waals surface area (Å²) < 4.78 is 0. The Bertz CT molecular complexity index is 3140. The first-order valence-corrected chi connectivity index (χ1v) is 23.9. The third-order valence-corrected chi connectivity index (χ3v) is 14.8. The molecule has 0 fully saturated rings. The molecule has 66 heavy (non-hydrogen) atoms. The molecule has 0 spiro atoms. The Labute approximate surface area is 392 Å². The number of nitrogens with zero attached hydrogens (tertiary/aromatic N) is 1. The Kier molecular flexibility index (Phi) is 10.3. The van der Waals surface area contributed by atoms with Crippen LogP contribution in [0.4, 0.5) is 17.1 Å². The van der Waals surface area contributed by atoms with E-state index >= 15 is 0 Å². The van der Waals surface area contributed by atoms with Crippen molar-refractivity contribution in [3.8, 4) is 22.3 Å². The molecule has 322 valence electrons. The van der Waals surface area contributed by atoms with Crippen LogP contribution < -0.4 is 4.90 Å². The third kappa shape index (κ3) is 6.35. The summed E-state index contributed by atoms with van der Waals surface area (Å²) in [7, 11) is 0. The molecule has 0 bridgehead atoms. The van der Waals surface area contributed by atoms with Crippen molar-refractivity contribution >= 4 is 17.1 Å². The van der Waals surface area contributed by atoms with Gasteiger partial charge in [0.25, 0.3) is 0 Å². The number of hydrogen-bond acceptors (Lipinski definition) is 1.